The molecule has 2 atom stereocenters. The molecule has 0 radical (unpaired) electrons. The fourth-order valence-corrected chi connectivity index (χ4v) is 3.59. The zero-order valence-corrected chi connectivity index (χ0v) is 14.2. The Hall–Kier alpha value is -2.31. The van der Waals surface area contributed by atoms with E-state index in [0.29, 0.717) is 11.0 Å². The van der Waals surface area contributed by atoms with E-state index < -0.39 is 17.7 Å². The minimum Gasteiger partial charge on any atom is -0.389 e. The van der Waals surface area contributed by atoms with Crippen molar-refractivity contribution >= 4 is 11.0 Å². The summed E-state index contributed by atoms with van der Waals surface area (Å²) in [5.74, 6) is -1.86. The van der Waals surface area contributed by atoms with Gasteiger partial charge in [-0.1, -0.05) is 24.3 Å². The predicted octanol–water partition coefficient (Wildman–Crippen LogP) is 3.77. The molecule has 1 aliphatic carbocycles. The molecule has 0 unspecified atom stereocenters. The standard InChI is InChI=1S/C20H20F2N2O2/c21-16-8-18-19(9-17(16)22)24(12-23-18)10-14(25)11-26-20-7-3-5-13-4-1-2-6-15(13)20/h1-2,4,6,8-9,12,14,20,25H,3,5,7,10-11H2/t14-,20-/m0/s1. The Morgan fingerprint density at radius 3 is 2.92 bits per heavy atom. The molecule has 6 heteroatoms. The predicted molar refractivity (Wildman–Crippen MR) is 93.7 cm³/mol. The second kappa shape index (κ2) is 7.13. The van der Waals surface area contributed by atoms with Gasteiger partial charge in [0.15, 0.2) is 11.6 Å². The number of nitrogens with zero attached hydrogens (tertiary/aromatic N) is 2. The first kappa shape index (κ1) is 17.1. The van der Waals surface area contributed by atoms with Gasteiger partial charge in [-0.15, -0.1) is 0 Å². The summed E-state index contributed by atoms with van der Waals surface area (Å²) in [6.07, 6.45) is 3.75. The van der Waals surface area contributed by atoms with Gasteiger partial charge in [-0.05, 0) is 30.4 Å². The Morgan fingerprint density at radius 2 is 2.04 bits per heavy atom. The smallest absolute Gasteiger partial charge is 0.161 e. The van der Waals surface area contributed by atoms with E-state index in [1.807, 2.05) is 12.1 Å². The topological polar surface area (TPSA) is 47.3 Å². The molecule has 1 aromatic heterocycles. The van der Waals surface area contributed by atoms with Crippen molar-refractivity contribution in [3.05, 3.63) is 65.5 Å². The van der Waals surface area contributed by atoms with Crippen molar-refractivity contribution in [3.8, 4) is 0 Å². The van der Waals surface area contributed by atoms with Crippen LogP contribution in [0, 0.1) is 11.6 Å². The van der Waals surface area contributed by atoms with Crippen molar-refractivity contribution < 1.29 is 18.6 Å². The Bertz CT molecular complexity index is 925. The van der Waals surface area contributed by atoms with Crippen LogP contribution in [0.25, 0.3) is 11.0 Å². The van der Waals surface area contributed by atoms with Crippen molar-refractivity contribution in [1.82, 2.24) is 9.55 Å². The normalized spacial score (nSPS) is 18.0. The lowest BCUT2D eigenvalue weighted by Crippen LogP contribution is -2.24. The molecule has 1 N–H and O–H groups in total. The Balaban J connectivity index is 1.42. The minimum atomic E-state index is -0.928. The number of ether oxygens (including phenoxy) is 1. The van der Waals surface area contributed by atoms with Gasteiger partial charge >= 0.3 is 0 Å². The molecule has 4 rings (SSSR count). The highest BCUT2D eigenvalue weighted by Gasteiger charge is 2.21. The molecule has 0 saturated carbocycles. The average Bonchev–Trinajstić information content (AvgIpc) is 3.02. The lowest BCUT2D eigenvalue weighted by atomic mass is 9.89. The monoisotopic (exact) mass is 358 g/mol. The molecule has 1 heterocycles. The molecule has 0 amide bonds. The molecule has 3 aromatic rings. The van der Waals surface area contributed by atoms with Gasteiger partial charge in [0.25, 0.3) is 0 Å². The van der Waals surface area contributed by atoms with Crippen molar-refractivity contribution in [2.45, 2.75) is 38.0 Å². The van der Waals surface area contributed by atoms with Crippen LogP contribution in [0.4, 0.5) is 8.78 Å². The van der Waals surface area contributed by atoms with E-state index in [9.17, 15) is 13.9 Å². The summed E-state index contributed by atoms with van der Waals surface area (Å²) in [4.78, 5) is 4.06. The average molecular weight is 358 g/mol. The third-order valence-corrected chi connectivity index (χ3v) is 4.87. The maximum Gasteiger partial charge on any atom is 0.161 e. The van der Waals surface area contributed by atoms with Gasteiger partial charge in [-0.25, -0.2) is 13.8 Å². The molecule has 2 aromatic carbocycles. The molecular formula is C20H20F2N2O2. The summed E-state index contributed by atoms with van der Waals surface area (Å²) in [6, 6.07) is 10.4. The molecule has 0 aliphatic heterocycles. The molecule has 0 saturated heterocycles. The number of halogens is 2. The van der Waals surface area contributed by atoms with Crippen molar-refractivity contribution in [2.24, 2.45) is 0 Å². The number of benzene rings is 2. The van der Waals surface area contributed by atoms with Crippen LogP contribution in [-0.2, 0) is 17.7 Å². The van der Waals surface area contributed by atoms with E-state index in [2.05, 4.69) is 17.1 Å². The lowest BCUT2D eigenvalue weighted by Gasteiger charge is -2.26. The maximum atomic E-state index is 13.5. The van der Waals surface area contributed by atoms with Gasteiger partial charge in [0.05, 0.1) is 42.7 Å². The maximum absolute atomic E-state index is 13.5. The van der Waals surface area contributed by atoms with E-state index in [-0.39, 0.29) is 19.3 Å². The van der Waals surface area contributed by atoms with E-state index >= 15 is 0 Å². The third-order valence-electron chi connectivity index (χ3n) is 4.87. The number of rotatable bonds is 5. The molecule has 4 nitrogen and oxygen atoms in total. The SMILES string of the molecule is O[C@H](CO[C@H]1CCCc2ccccc21)Cn1cnc2cc(F)c(F)cc21. The fraction of sp³-hybridized carbons (Fsp3) is 0.350. The largest absolute Gasteiger partial charge is 0.389 e. The van der Waals surface area contributed by atoms with E-state index in [1.54, 1.807) is 4.57 Å². The number of aromatic nitrogens is 2. The van der Waals surface area contributed by atoms with Crippen molar-refractivity contribution in [3.63, 3.8) is 0 Å². The highest BCUT2D eigenvalue weighted by Crippen LogP contribution is 2.32. The van der Waals surface area contributed by atoms with Crippen LogP contribution in [0.15, 0.2) is 42.7 Å². The van der Waals surface area contributed by atoms with Gasteiger partial charge in [-0.2, -0.15) is 0 Å². The number of aliphatic hydroxyl groups is 1. The van der Waals surface area contributed by atoms with Crippen molar-refractivity contribution in [2.75, 3.05) is 6.61 Å². The number of aliphatic hydroxyl groups excluding tert-OH is 1. The molecule has 1 aliphatic rings. The van der Waals surface area contributed by atoms with Crippen LogP contribution in [0.5, 0.6) is 0 Å². The molecule has 0 bridgehead atoms. The number of aryl methyl sites for hydroxylation is 1. The summed E-state index contributed by atoms with van der Waals surface area (Å²) >= 11 is 0. The van der Waals surface area contributed by atoms with Crippen LogP contribution in [0.1, 0.15) is 30.1 Å². The van der Waals surface area contributed by atoms with Crippen LogP contribution in [-0.4, -0.2) is 27.4 Å². The third kappa shape index (κ3) is 3.34. The van der Waals surface area contributed by atoms with Gasteiger partial charge < -0.3 is 14.4 Å². The quantitative estimate of drug-likeness (QED) is 0.755. The Morgan fingerprint density at radius 1 is 1.23 bits per heavy atom. The van der Waals surface area contributed by atoms with Gasteiger partial charge in [-0.3, -0.25) is 0 Å². The first-order valence-electron chi connectivity index (χ1n) is 8.79. The summed E-state index contributed by atoms with van der Waals surface area (Å²) < 4.78 is 34.3. The van der Waals surface area contributed by atoms with Gasteiger partial charge in [0, 0.05) is 12.1 Å². The van der Waals surface area contributed by atoms with E-state index in [0.717, 1.165) is 31.4 Å². The molecule has 26 heavy (non-hydrogen) atoms. The summed E-state index contributed by atoms with van der Waals surface area (Å²) in [5.41, 5.74) is 3.30. The highest BCUT2D eigenvalue weighted by atomic mass is 19.2. The van der Waals surface area contributed by atoms with Gasteiger partial charge in [0.1, 0.15) is 0 Å². The number of imidazole rings is 1. The number of hydrogen-bond donors (Lipinski definition) is 1. The highest BCUT2D eigenvalue weighted by molar-refractivity contribution is 5.75. The van der Waals surface area contributed by atoms with Crippen LogP contribution >= 0.6 is 0 Å². The van der Waals surface area contributed by atoms with E-state index in [4.69, 9.17) is 4.74 Å². The second-order valence-corrected chi connectivity index (χ2v) is 6.72. The van der Waals surface area contributed by atoms with Gasteiger partial charge in [0.2, 0.25) is 0 Å². The van der Waals surface area contributed by atoms with Crippen LogP contribution in [0.2, 0.25) is 0 Å². The Kier molecular flexibility index (Phi) is 4.70. The second-order valence-electron chi connectivity index (χ2n) is 6.72. The first-order valence-corrected chi connectivity index (χ1v) is 8.79. The fourth-order valence-electron chi connectivity index (χ4n) is 3.59. The molecular weight excluding hydrogens is 338 g/mol. The summed E-state index contributed by atoms with van der Waals surface area (Å²) in [7, 11) is 0. The van der Waals surface area contributed by atoms with Crippen molar-refractivity contribution in [1.29, 1.82) is 0 Å². The van der Waals surface area contributed by atoms with Crippen LogP contribution < -0.4 is 0 Å². The number of fused-ring (bicyclic) bond motifs is 2. The summed E-state index contributed by atoms with van der Waals surface area (Å²) in [5, 5.41) is 10.3. The zero-order valence-electron chi connectivity index (χ0n) is 14.2. The van der Waals surface area contributed by atoms with E-state index in [1.165, 1.54) is 17.5 Å². The first-order chi connectivity index (χ1) is 12.6. The Labute approximate surface area is 150 Å². The zero-order chi connectivity index (χ0) is 18.1. The van der Waals surface area contributed by atoms with Crippen LogP contribution in [0.3, 0.4) is 0 Å². The minimum absolute atomic E-state index is 0.0133. The summed E-state index contributed by atoms with van der Waals surface area (Å²) in [6.45, 7) is 0.373. The molecule has 136 valence electrons. The lowest BCUT2D eigenvalue weighted by molar-refractivity contribution is -0.0222. The molecule has 0 spiro atoms. The molecule has 0 fully saturated rings. The number of hydrogen-bond acceptors (Lipinski definition) is 3.